The van der Waals surface area contributed by atoms with E-state index in [2.05, 4.69) is 127 Å². The molecule has 198 valence electrons. The maximum atomic E-state index is 14.2. The molecule has 1 nitrogen and oxygen atoms in total. The predicted octanol–water partition coefficient (Wildman–Crippen LogP) is 10.3. The number of benzene rings is 7. The number of hydrogen-bond donors (Lipinski definition) is 0. The fraction of sp³-hybridized carbons (Fsp3) is 0. The Morgan fingerprint density at radius 1 is 0.333 bits per heavy atom. The zero-order valence-electron chi connectivity index (χ0n) is 23.0. The van der Waals surface area contributed by atoms with Crippen molar-refractivity contribution in [3.8, 4) is 44.5 Å². The lowest BCUT2D eigenvalue weighted by Crippen LogP contribution is -2.10. The van der Waals surface area contributed by atoms with Gasteiger partial charge in [-0.15, -0.1) is 0 Å². The van der Waals surface area contributed by atoms with Crippen molar-refractivity contribution in [2.24, 2.45) is 0 Å². The van der Waals surface area contributed by atoms with Crippen molar-refractivity contribution in [3.63, 3.8) is 0 Å². The molecule has 0 aliphatic heterocycles. The van der Waals surface area contributed by atoms with Crippen LogP contribution >= 0.6 is 7.80 Å². The van der Waals surface area contributed by atoms with Crippen LogP contribution in [0.4, 0.5) is 0 Å². The summed E-state index contributed by atoms with van der Waals surface area (Å²) in [5.41, 5.74) is 9.05. The maximum absolute atomic E-state index is 14.2. The first-order valence-corrected chi connectivity index (χ1v) is 15.4. The van der Waals surface area contributed by atoms with Gasteiger partial charge in [-0.2, -0.15) is 0 Å². The van der Waals surface area contributed by atoms with Crippen LogP contribution in [0.5, 0.6) is 0 Å². The molecule has 2 heteroatoms. The zero-order chi connectivity index (χ0) is 28.3. The number of fused-ring (bicyclic) bond motifs is 1. The van der Waals surface area contributed by atoms with Crippen LogP contribution < -0.4 is 10.6 Å². The molecule has 0 bridgehead atoms. The minimum Gasteiger partial charge on any atom is -0.0622 e. The van der Waals surface area contributed by atoms with E-state index in [1.54, 1.807) is 0 Å². The van der Waals surface area contributed by atoms with Gasteiger partial charge in [0.1, 0.15) is 0 Å². The van der Waals surface area contributed by atoms with Gasteiger partial charge in [0.25, 0.3) is 0 Å². The summed E-state index contributed by atoms with van der Waals surface area (Å²) in [7, 11) is -1.82. The molecular formula is C40H28OP+. The molecule has 0 N–H and O–H groups in total. The molecule has 42 heavy (non-hydrogen) atoms. The highest BCUT2D eigenvalue weighted by atomic mass is 31.1. The van der Waals surface area contributed by atoms with E-state index in [0.717, 1.165) is 43.8 Å². The van der Waals surface area contributed by atoms with Crippen LogP contribution in [0.3, 0.4) is 0 Å². The van der Waals surface area contributed by atoms with E-state index in [0.29, 0.717) is 0 Å². The molecule has 7 aromatic carbocycles. The normalized spacial score (nSPS) is 11.4. The molecule has 7 aromatic rings. The van der Waals surface area contributed by atoms with Crippen molar-refractivity contribution in [1.82, 2.24) is 0 Å². The quantitative estimate of drug-likeness (QED) is 0.187. The smallest absolute Gasteiger partial charge is 0.0622 e. The van der Waals surface area contributed by atoms with E-state index >= 15 is 0 Å². The second-order valence-electron chi connectivity index (χ2n) is 10.3. The van der Waals surface area contributed by atoms with Gasteiger partial charge >= 0.3 is 7.80 Å². The number of hydrogen-bond acceptors (Lipinski definition) is 1. The molecule has 0 radical (unpaired) electrons. The van der Waals surface area contributed by atoms with Gasteiger partial charge in [0, 0.05) is 11.1 Å². The third-order valence-electron chi connectivity index (χ3n) is 7.79. The van der Waals surface area contributed by atoms with Crippen LogP contribution in [0.15, 0.2) is 170 Å². The van der Waals surface area contributed by atoms with Gasteiger partial charge < -0.3 is 0 Å². The Labute approximate surface area is 247 Å². The van der Waals surface area contributed by atoms with Crippen LogP contribution in [-0.4, -0.2) is 0 Å². The highest BCUT2D eigenvalue weighted by Crippen LogP contribution is 2.51. The fourth-order valence-corrected chi connectivity index (χ4v) is 7.32. The summed E-state index contributed by atoms with van der Waals surface area (Å²) in [4.78, 5) is 0. The molecule has 0 heterocycles. The summed E-state index contributed by atoms with van der Waals surface area (Å²) in [6, 6.07) is 58.7. The van der Waals surface area contributed by atoms with Gasteiger partial charge in [-0.05, 0) is 68.4 Å². The van der Waals surface area contributed by atoms with Crippen LogP contribution in [0.1, 0.15) is 0 Å². The second-order valence-corrected chi connectivity index (χ2v) is 11.9. The lowest BCUT2D eigenvalue weighted by molar-refractivity contribution is 0.598. The summed E-state index contributed by atoms with van der Waals surface area (Å²) in [6.07, 6.45) is 0. The first kappa shape index (κ1) is 25.8. The van der Waals surface area contributed by atoms with Gasteiger partial charge in [0.2, 0.25) is 5.30 Å². The van der Waals surface area contributed by atoms with Gasteiger partial charge in [-0.3, -0.25) is 0 Å². The molecular weight excluding hydrogens is 527 g/mol. The molecule has 0 saturated heterocycles. The van der Waals surface area contributed by atoms with E-state index in [-0.39, 0.29) is 0 Å². The fourth-order valence-electron chi connectivity index (χ4n) is 5.97. The standard InChI is InChI=1S/C40H28OP/c41-42(32-23-11-4-12-24-32)36-28-16-15-27-35(36)40-34-26-14-13-25-33(34)37(29-17-5-1-6-18-29)38(30-19-7-2-8-20-30)39(40)31-21-9-3-10-22-31/h1-28H/q+1. The highest BCUT2D eigenvalue weighted by Gasteiger charge is 2.31. The van der Waals surface area contributed by atoms with Crippen LogP contribution in [0.2, 0.25) is 0 Å². The number of rotatable bonds is 6. The van der Waals surface area contributed by atoms with Crippen molar-refractivity contribution < 1.29 is 4.57 Å². The van der Waals surface area contributed by atoms with E-state index in [4.69, 9.17) is 0 Å². The third-order valence-corrected chi connectivity index (χ3v) is 9.38. The molecule has 0 aliphatic rings. The zero-order valence-corrected chi connectivity index (χ0v) is 23.9. The monoisotopic (exact) mass is 555 g/mol. The van der Waals surface area contributed by atoms with E-state index in [1.165, 1.54) is 22.1 Å². The molecule has 0 amide bonds. The Hall–Kier alpha value is -5.10. The van der Waals surface area contributed by atoms with Gasteiger partial charge in [-0.25, -0.2) is 0 Å². The predicted molar refractivity (Wildman–Crippen MR) is 179 cm³/mol. The topological polar surface area (TPSA) is 17.1 Å². The lowest BCUT2D eigenvalue weighted by atomic mass is 9.79. The molecule has 0 aliphatic carbocycles. The lowest BCUT2D eigenvalue weighted by Gasteiger charge is -2.24. The van der Waals surface area contributed by atoms with Gasteiger partial charge in [0.05, 0.1) is 0 Å². The van der Waals surface area contributed by atoms with Gasteiger partial charge in [-0.1, -0.05) is 150 Å². The molecule has 0 aromatic heterocycles. The van der Waals surface area contributed by atoms with Crippen molar-refractivity contribution in [1.29, 1.82) is 0 Å². The molecule has 1 atom stereocenters. The van der Waals surface area contributed by atoms with Crippen molar-refractivity contribution in [3.05, 3.63) is 170 Å². The Balaban J connectivity index is 1.69. The SMILES string of the molecule is O=[P+](c1ccccc1)c1ccccc1-c1c(-c2ccccc2)c(-c2ccccc2)c(-c2ccccc2)c2ccccc12. The highest BCUT2D eigenvalue weighted by molar-refractivity contribution is 7.61. The summed E-state index contributed by atoms with van der Waals surface area (Å²) in [5.74, 6) is 0. The Kier molecular flexibility index (Phi) is 7.02. The van der Waals surface area contributed by atoms with Crippen LogP contribution in [0.25, 0.3) is 55.3 Å². The molecule has 7 rings (SSSR count). The molecule has 0 fully saturated rings. The molecule has 1 unspecified atom stereocenters. The molecule has 0 spiro atoms. The first-order valence-electron chi connectivity index (χ1n) is 14.2. The maximum Gasteiger partial charge on any atom is 0.415 e. The third kappa shape index (κ3) is 4.65. The van der Waals surface area contributed by atoms with Gasteiger partial charge in [0.15, 0.2) is 5.30 Å². The Morgan fingerprint density at radius 2 is 0.714 bits per heavy atom. The van der Waals surface area contributed by atoms with Crippen molar-refractivity contribution in [2.45, 2.75) is 0 Å². The summed E-state index contributed by atoms with van der Waals surface area (Å²) >= 11 is 0. The van der Waals surface area contributed by atoms with Crippen molar-refractivity contribution >= 4 is 29.2 Å². The van der Waals surface area contributed by atoms with Crippen LogP contribution in [-0.2, 0) is 4.57 Å². The molecule has 0 saturated carbocycles. The first-order chi connectivity index (χ1) is 20.8. The largest absolute Gasteiger partial charge is 0.415 e. The summed E-state index contributed by atoms with van der Waals surface area (Å²) in [6.45, 7) is 0. The Bertz CT molecular complexity index is 2020. The van der Waals surface area contributed by atoms with E-state index in [9.17, 15) is 4.57 Å². The van der Waals surface area contributed by atoms with Crippen molar-refractivity contribution in [2.75, 3.05) is 0 Å². The minimum atomic E-state index is -1.82. The van der Waals surface area contributed by atoms with E-state index < -0.39 is 7.80 Å². The second kappa shape index (κ2) is 11.4. The summed E-state index contributed by atoms with van der Waals surface area (Å²) in [5, 5.41) is 3.97. The minimum absolute atomic E-state index is 0.828. The van der Waals surface area contributed by atoms with Crippen LogP contribution in [0, 0.1) is 0 Å². The average Bonchev–Trinajstić information content (AvgIpc) is 3.08. The average molecular weight is 556 g/mol. The Morgan fingerprint density at radius 3 is 1.26 bits per heavy atom. The summed E-state index contributed by atoms with van der Waals surface area (Å²) < 4.78 is 14.2. The van der Waals surface area contributed by atoms with E-state index in [1.807, 2.05) is 42.5 Å².